The van der Waals surface area contributed by atoms with Gasteiger partial charge in [0.05, 0.1) is 6.04 Å². The second kappa shape index (κ2) is 14.6. The van der Waals surface area contributed by atoms with Crippen LogP contribution in [0.4, 0.5) is 0 Å². The summed E-state index contributed by atoms with van der Waals surface area (Å²) in [5.41, 5.74) is 4.05. The maximum Gasteiger partial charge on any atom is 0.254 e. The predicted octanol–water partition coefficient (Wildman–Crippen LogP) is 7.18. The van der Waals surface area contributed by atoms with Gasteiger partial charge in [-0.25, -0.2) is 0 Å². The second-order valence-corrected chi connectivity index (χ2v) is 11.6. The molecule has 0 bridgehead atoms. The van der Waals surface area contributed by atoms with Crippen LogP contribution in [0, 0.1) is 0 Å². The molecule has 1 aromatic heterocycles. The predicted molar refractivity (Wildman–Crippen MR) is 160 cm³/mol. The third-order valence-electron chi connectivity index (χ3n) is 7.38. The minimum Gasteiger partial charge on any atom is -0.385 e. The van der Waals surface area contributed by atoms with E-state index >= 15 is 0 Å². The first-order valence-electron chi connectivity index (χ1n) is 14.0. The highest BCUT2D eigenvalue weighted by atomic mass is 35.5. The number of unbranched alkanes of at least 4 members (excludes halogenated alkanes) is 3. The topological polar surface area (TPSA) is 49.9 Å². The van der Waals surface area contributed by atoms with Gasteiger partial charge in [0.25, 0.3) is 5.91 Å². The number of ether oxygens (including phenoxy) is 1. The number of carbonyl (C=O) groups excluding carboxylic acids is 2. The summed E-state index contributed by atoms with van der Waals surface area (Å²) < 4.78 is 5.24. The van der Waals surface area contributed by atoms with Gasteiger partial charge in [0.1, 0.15) is 6.54 Å². The van der Waals surface area contributed by atoms with Gasteiger partial charge in [0.2, 0.25) is 5.91 Å². The summed E-state index contributed by atoms with van der Waals surface area (Å²) in [6, 6.07) is 17.6. The van der Waals surface area contributed by atoms with E-state index in [1.165, 1.54) is 29.7 Å². The van der Waals surface area contributed by atoms with Crippen molar-refractivity contribution in [3.63, 3.8) is 0 Å². The van der Waals surface area contributed by atoms with Gasteiger partial charge < -0.3 is 14.5 Å². The Morgan fingerprint density at radius 3 is 2.51 bits per heavy atom. The van der Waals surface area contributed by atoms with Crippen LogP contribution in [-0.4, -0.2) is 55.0 Å². The van der Waals surface area contributed by atoms with Crippen LogP contribution in [-0.2, 0) is 22.4 Å². The molecule has 1 aliphatic rings. The molecule has 0 saturated carbocycles. The highest BCUT2D eigenvalue weighted by Gasteiger charge is 2.34. The number of aryl methyl sites for hydroxylation is 1. The van der Waals surface area contributed by atoms with E-state index < -0.39 is 0 Å². The molecule has 5 nitrogen and oxygen atoms in total. The average molecular weight is 567 g/mol. The standard InChI is InChI=1S/C32H39ClN2O3S/c1-3-4-5-6-8-24-9-11-26(12-10-24)32(37)34(19-7-21-38-2)23-30(36)35-20-17-29-28(18-22-39-29)31(35)25-13-15-27(33)16-14-25/h9-16,18,22,31H,3-8,17,19-21,23H2,1-2H3/t31-/m0/s1. The summed E-state index contributed by atoms with van der Waals surface area (Å²) in [4.78, 5) is 32.4. The molecule has 7 heteroatoms. The Bertz CT molecular complexity index is 1210. The highest BCUT2D eigenvalue weighted by molar-refractivity contribution is 7.10. The minimum absolute atomic E-state index is 0.0326. The van der Waals surface area contributed by atoms with Gasteiger partial charge in [0, 0.05) is 42.3 Å². The van der Waals surface area contributed by atoms with Crippen molar-refractivity contribution in [1.82, 2.24) is 9.80 Å². The first-order valence-corrected chi connectivity index (χ1v) is 15.3. The zero-order chi connectivity index (χ0) is 27.6. The second-order valence-electron chi connectivity index (χ2n) is 10.2. The van der Waals surface area contributed by atoms with Gasteiger partial charge in [-0.2, -0.15) is 0 Å². The monoisotopic (exact) mass is 566 g/mol. The van der Waals surface area contributed by atoms with Gasteiger partial charge >= 0.3 is 0 Å². The quantitative estimate of drug-likeness (QED) is 0.206. The van der Waals surface area contributed by atoms with E-state index in [1.54, 1.807) is 23.3 Å². The molecule has 0 saturated heterocycles. The third-order valence-corrected chi connectivity index (χ3v) is 8.63. The normalized spacial score (nSPS) is 14.7. The lowest BCUT2D eigenvalue weighted by molar-refractivity contribution is -0.134. The lowest BCUT2D eigenvalue weighted by Gasteiger charge is -2.37. The lowest BCUT2D eigenvalue weighted by atomic mass is 9.93. The van der Waals surface area contributed by atoms with Gasteiger partial charge in [-0.05, 0) is 78.1 Å². The maximum atomic E-state index is 13.9. The number of benzene rings is 2. The number of halogens is 1. The molecule has 0 radical (unpaired) electrons. The number of hydrogen-bond acceptors (Lipinski definition) is 4. The summed E-state index contributed by atoms with van der Waals surface area (Å²) in [7, 11) is 1.65. The average Bonchev–Trinajstić information content (AvgIpc) is 3.44. The molecule has 3 aromatic rings. The Kier molecular flexibility index (Phi) is 11.0. The Morgan fingerprint density at radius 2 is 1.79 bits per heavy atom. The third kappa shape index (κ3) is 7.71. The number of hydrogen-bond donors (Lipinski definition) is 0. The largest absolute Gasteiger partial charge is 0.385 e. The SMILES string of the molecule is CCCCCCc1ccc(C(=O)N(CCCOC)CC(=O)N2CCc3sccc3[C@@H]2c2ccc(Cl)cc2)cc1. The molecule has 2 aromatic carbocycles. The van der Waals surface area contributed by atoms with Crippen molar-refractivity contribution in [1.29, 1.82) is 0 Å². The Morgan fingerprint density at radius 1 is 1.03 bits per heavy atom. The van der Waals surface area contributed by atoms with E-state index in [-0.39, 0.29) is 24.4 Å². The molecule has 0 spiro atoms. The van der Waals surface area contributed by atoms with Crippen molar-refractivity contribution in [3.05, 3.63) is 92.1 Å². The molecule has 2 heterocycles. The summed E-state index contributed by atoms with van der Waals surface area (Å²) in [6.07, 6.45) is 7.38. The van der Waals surface area contributed by atoms with E-state index in [1.807, 2.05) is 53.4 Å². The smallest absolute Gasteiger partial charge is 0.254 e. The Balaban J connectivity index is 1.51. The molecule has 0 aliphatic carbocycles. The van der Waals surface area contributed by atoms with Crippen LogP contribution in [0.15, 0.2) is 60.0 Å². The van der Waals surface area contributed by atoms with Gasteiger partial charge in [-0.1, -0.05) is 62.1 Å². The number of rotatable bonds is 13. The van der Waals surface area contributed by atoms with Crippen LogP contribution in [0.25, 0.3) is 0 Å². The van der Waals surface area contributed by atoms with Crippen LogP contribution in [0.1, 0.15) is 77.0 Å². The van der Waals surface area contributed by atoms with Crippen LogP contribution in [0.5, 0.6) is 0 Å². The fourth-order valence-corrected chi connectivity index (χ4v) is 6.28. The molecule has 4 rings (SSSR count). The van der Waals surface area contributed by atoms with Crippen molar-refractivity contribution in [2.75, 3.05) is 33.4 Å². The summed E-state index contributed by atoms with van der Waals surface area (Å²) in [6.45, 7) is 3.85. The molecule has 0 unspecified atom stereocenters. The molecule has 1 aliphatic heterocycles. The number of methoxy groups -OCH3 is 1. The number of thiophene rings is 1. The molecule has 0 N–H and O–H groups in total. The minimum atomic E-state index is -0.187. The molecular weight excluding hydrogens is 528 g/mol. The Labute approximate surface area is 241 Å². The van der Waals surface area contributed by atoms with Gasteiger partial charge in [-0.3, -0.25) is 9.59 Å². The first kappa shape index (κ1) is 29.3. The molecular formula is C32H39ClN2O3S. The number of amides is 2. The molecule has 1 atom stereocenters. The van der Waals surface area contributed by atoms with E-state index in [9.17, 15) is 9.59 Å². The van der Waals surface area contributed by atoms with Crippen molar-refractivity contribution in [2.45, 2.75) is 57.9 Å². The zero-order valence-electron chi connectivity index (χ0n) is 23.0. The van der Waals surface area contributed by atoms with Crippen LogP contribution in [0.2, 0.25) is 5.02 Å². The fourth-order valence-electron chi connectivity index (χ4n) is 5.25. The highest BCUT2D eigenvalue weighted by Crippen LogP contribution is 2.38. The first-order chi connectivity index (χ1) is 19.0. The number of carbonyl (C=O) groups is 2. The van der Waals surface area contributed by atoms with Crippen LogP contribution in [0.3, 0.4) is 0 Å². The number of fused-ring (bicyclic) bond motifs is 1. The van der Waals surface area contributed by atoms with Crippen molar-refractivity contribution in [2.24, 2.45) is 0 Å². The lowest BCUT2D eigenvalue weighted by Crippen LogP contribution is -2.47. The summed E-state index contributed by atoms with van der Waals surface area (Å²) in [5, 5.41) is 2.76. The van der Waals surface area contributed by atoms with Crippen molar-refractivity contribution >= 4 is 34.8 Å². The van der Waals surface area contributed by atoms with Crippen LogP contribution >= 0.6 is 22.9 Å². The van der Waals surface area contributed by atoms with E-state index in [4.69, 9.17) is 16.3 Å². The molecule has 208 valence electrons. The molecule has 39 heavy (non-hydrogen) atoms. The van der Waals surface area contributed by atoms with Crippen molar-refractivity contribution in [3.8, 4) is 0 Å². The summed E-state index contributed by atoms with van der Waals surface area (Å²) >= 11 is 7.90. The Hall–Kier alpha value is -2.67. The maximum absolute atomic E-state index is 13.9. The molecule has 0 fully saturated rings. The summed E-state index contributed by atoms with van der Waals surface area (Å²) in [5.74, 6) is -0.168. The van der Waals surface area contributed by atoms with Gasteiger partial charge in [0.15, 0.2) is 0 Å². The number of nitrogens with zero attached hydrogens (tertiary/aromatic N) is 2. The molecule has 2 amide bonds. The van der Waals surface area contributed by atoms with Crippen LogP contribution < -0.4 is 0 Å². The van der Waals surface area contributed by atoms with Crippen molar-refractivity contribution < 1.29 is 14.3 Å². The van der Waals surface area contributed by atoms with E-state index in [2.05, 4.69) is 18.4 Å². The van der Waals surface area contributed by atoms with E-state index in [0.717, 1.165) is 30.4 Å². The van der Waals surface area contributed by atoms with Gasteiger partial charge in [-0.15, -0.1) is 11.3 Å². The zero-order valence-corrected chi connectivity index (χ0v) is 24.6. The van der Waals surface area contributed by atoms with E-state index in [0.29, 0.717) is 36.7 Å². The fraction of sp³-hybridized carbons (Fsp3) is 0.438.